The summed E-state index contributed by atoms with van der Waals surface area (Å²) in [4.78, 5) is 12.2. The third-order valence-corrected chi connectivity index (χ3v) is 4.42. The van der Waals surface area contributed by atoms with Crippen molar-refractivity contribution in [1.29, 1.82) is 0 Å². The van der Waals surface area contributed by atoms with E-state index in [1.807, 2.05) is 61.5 Å². The number of benzene rings is 3. The summed E-state index contributed by atoms with van der Waals surface area (Å²) < 4.78 is 11.2. The van der Waals surface area contributed by atoms with Gasteiger partial charge in [-0.05, 0) is 42.6 Å². The maximum absolute atomic E-state index is 12.2. The smallest absolute Gasteiger partial charge is 0.363 e. The summed E-state index contributed by atoms with van der Waals surface area (Å²) in [7, 11) is 1.40. The van der Waals surface area contributed by atoms with Gasteiger partial charge in [0.25, 0.3) is 0 Å². The number of hydrogen-bond donors (Lipinski definition) is 0. The summed E-state index contributed by atoms with van der Waals surface area (Å²) in [5, 5.41) is 2.76. The number of rotatable bonds is 2. The Morgan fingerprint density at radius 2 is 1.76 bits per heavy atom. The average molecular weight is 329 g/mol. The van der Waals surface area contributed by atoms with Crippen LogP contribution in [0.4, 0.5) is 0 Å². The van der Waals surface area contributed by atoms with Crippen molar-refractivity contribution in [3.8, 4) is 11.3 Å². The molecule has 3 heteroatoms. The minimum Gasteiger partial charge on any atom is -0.465 e. The van der Waals surface area contributed by atoms with Crippen molar-refractivity contribution in [2.45, 2.75) is 6.92 Å². The van der Waals surface area contributed by atoms with Gasteiger partial charge in [-0.2, -0.15) is 0 Å². The van der Waals surface area contributed by atoms with Crippen molar-refractivity contribution in [2.24, 2.45) is 0 Å². The minimum absolute atomic E-state index is 0.345. The summed E-state index contributed by atoms with van der Waals surface area (Å²) in [5.74, 6) is 0.492. The van der Waals surface area contributed by atoms with Gasteiger partial charge in [0, 0.05) is 11.5 Å². The zero-order chi connectivity index (χ0) is 17.4. The van der Waals surface area contributed by atoms with E-state index in [1.54, 1.807) is 6.07 Å². The molecule has 0 saturated carbocycles. The maximum Gasteiger partial charge on any atom is 0.363 e. The largest absolute Gasteiger partial charge is 0.465 e. The summed E-state index contributed by atoms with van der Waals surface area (Å²) in [5.41, 5.74) is 3.34. The van der Waals surface area contributed by atoms with Gasteiger partial charge in [-0.15, -0.1) is 0 Å². The van der Waals surface area contributed by atoms with Gasteiger partial charge >= 0.3 is 17.3 Å². The van der Waals surface area contributed by atoms with E-state index in [0.717, 1.165) is 38.6 Å². The monoisotopic (exact) mass is 329 g/mol. The first-order chi connectivity index (χ1) is 12.2. The number of esters is 1. The zero-order valence-corrected chi connectivity index (χ0v) is 14.1. The molecular weight excluding hydrogens is 312 g/mol. The lowest BCUT2D eigenvalue weighted by Gasteiger charge is -2.06. The second-order valence-electron chi connectivity index (χ2n) is 6.00. The molecule has 0 N–H and O–H groups in total. The molecule has 25 heavy (non-hydrogen) atoms. The Morgan fingerprint density at radius 1 is 0.960 bits per heavy atom. The standard InChI is InChI=1S/C22H17O3/c1-14-13-18-19(25-21(14)16-7-4-3-5-8-16)12-11-15-9-6-10-17(20(15)18)22(23)24-2/h3-13H,1-2H3/q+1. The minimum atomic E-state index is -0.345. The van der Waals surface area contributed by atoms with Gasteiger partial charge in [0.15, 0.2) is 0 Å². The molecule has 0 radical (unpaired) electrons. The van der Waals surface area contributed by atoms with Crippen LogP contribution < -0.4 is 0 Å². The van der Waals surface area contributed by atoms with E-state index in [2.05, 4.69) is 6.07 Å². The summed E-state index contributed by atoms with van der Waals surface area (Å²) >= 11 is 0. The number of ether oxygens (including phenoxy) is 1. The molecule has 3 nitrogen and oxygen atoms in total. The van der Waals surface area contributed by atoms with E-state index < -0.39 is 0 Å². The van der Waals surface area contributed by atoms with Gasteiger partial charge in [-0.3, -0.25) is 0 Å². The van der Waals surface area contributed by atoms with Gasteiger partial charge in [-0.1, -0.05) is 30.3 Å². The molecule has 0 aliphatic heterocycles. The van der Waals surface area contributed by atoms with E-state index in [0.29, 0.717) is 5.56 Å². The highest BCUT2D eigenvalue weighted by Crippen LogP contribution is 2.34. The molecule has 122 valence electrons. The van der Waals surface area contributed by atoms with E-state index in [-0.39, 0.29) is 5.97 Å². The second-order valence-corrected chi connectivity index (χ2v) is 6.00. The average Bonchev–Trinajstić information content (AvgIpc) is 2.67. The third kappa shape index (κ3) is 2.54. The fourth-order valence-electron chi connectivity index (χ4n) is 3.25. The first-order valence-electron chi connectivity index (χ1n) is 8.12. The molecule has 0 fully saturated rings. The molecule has 0 atom stereocenters. The van der Waals surface area contributed by atoms with Crippen molar-refractivity contribution in [3.05, 3.63) is 77.9 Å². The zero-order valence-electron chi connectivity index (χ0n) is 14.1. The topological polar surface area (TPSA) is 37.6 Å². The molecule has 0 amide bonds. The van der Waals surface area contributed by atoms with Gasteiger partial charge in [0.1, 0.15) is 0 Å². The number of fused-ring (bicyclic) bond motifs is 3. The number of carbonyl (C=O) groups is 1. The fraction of sp³-hybridized carbons (Fsp3) is 0.0909. The highest BCUT2D eigenvalue weighted by Gasteiger charge is 2.22. The van der Waals surface area contributed by atoms with Crippen molar-refractivity contribution < 1.29 is 13.9 Å². The third-order valence-electron chi connectivity index (χ3n) is 4.42. The highest BCUT2D eigenvalue weighted by molar-refractivity contribution is 6.15. The van der Waals surface area contributed by atoms with Crippen LogP contribution in [0, 0.1) is 6.92 Å². The van der Waals surface area contributed by atoms with Crippen LogP contribution >= 0.6 is 0 Å². The van der Waals surface area contributed by atoms with Crippen LogP contribution in [0.25, 0.3) is 33.1 Å². The van der Waals surface area contributed by atoms with Gasteiger partial charge < -0.3 is 4.74 Å². The molecule has 0 aliphatic carbocycles. The lowest BCUT2D eigenvalue weighted by molar-refractivity contribution is 0.0603. The van der Waals surface area contributed by atoms with Gasteiger partial charge in [0.2, 0.25) is 0 Å². The quantitative estimate of drug-likeness (QED) is 0.272. The Hall–Kier alpha value is -3.20. The molecule has 4 aromatic rings. The molecular formula is C22H17O3+. The van der Waals surface area contributed by atoms with E-state index >= 15 is 0 Å². The Labute approximate surface area is 145 Å². The SMILES string of the molecule is COC(=O)c1cccc2ccc3[o+]c(-c4ccccc4)c(C)cc3c12. The van der Waals surface area contributed by atoms with Crippen molar-refractivity contribution in [3.63, 3.8) is 0 Å². The fourth-order valence-corrected chi connectivity index (χ4v) is 3.25. The van der Waals surface area contributed by atoms with Crippen molar-refractivity contribution >= 4 is 27.7 Å². The van der Waals surface area contributed by atoms with E-state index in [1.165, 1.54) is 7.11 Å². The summed E-state index contributed by atoms with van der Waals surface area (Å²) in [6.07, 6.45) is 0. The molecule has 3 aromatic carbocycles. The van der Waals surface area contributed by atoms with E-state index in [4.69, 9.17) is 9.15 Å². The Balaban J connectivity index is 2.06. The Morgan fingerprint density at radius 3 is 2.52 bits per heavy atom. The normalized spacial score (nSPS) is 11.0. The first kappa shape index (κ1) is 15.3. The predicted octanol–water partition coefficient (Wildman–Crippen LogP) is 5.63. The predicted molar refractivity (Wildman–Crippen MR) is 99.6 cm³/mol. The highest BCUT2D eigenvalue weighted by atomic mass is 16.5. The molecule has 0 saturated heterocycles. The lowest BCUT2D eigenvalue weighted by Crippen LogP contribution is -2.02. The summed E-state index contributed by atoms with van der Waals surface area (Å²) in [6, 6.07) is 21.7. The first-order valence-corrected chi connectivity index (χ1v) is 8.12. The number of aryl methyl sites for hydroxylation is 1. The molecule has 0 unspecified atom stereocenters. The molecule has 4 rings (SSSR count). The van der Waals surface area contributed by atoms with Crippen LogP contribution in [0.2, 0.25) is 0 Å². The Kier molecular flexibility index (Phi) is 3.69. The second kappa shape index (κ2) is 6.02. The molecule has 0 aliphatic rings. The number of methoxy groups -OCH3 is 1. The lowest BCUT2D eigenvalue weighted by atomic mass is 9.98. The molecule has 1 heterocycles. The van der Waals surface area contributed by atoms with Crippen molar-refractivity contribution in [2.75, 3.05) is 7.11 Å². The molecule has 0 bridgehead atoms. The van der Waals surface area contributed by atoms with Gasteiger partial charge in [-0.25, -0.2) is 9.21 Å². The van der Waals surface area contributed by atoms with Crippen LogP contribution in [0.1, 0.15) is 15.9 Å². The number of hydrogen-bond acceptors (Lipinski definition) is 2. The van der Waals surface area contributed by atoms with Crippen LogP contribution in [-0.2, 0) is 4.74 Å². The van der Waals surface area contributed by atoms with E-state index in [9.17, 15) is 4.79 Å². The van der Waals surface area contributed by atoms with Crippen LogP contribution in [0.15, 0.2) is 71.1 Å². The van der Waals surface area contributed by atoms with Crippen LogP contribution in [0.3, 0.4) is 0 Å². The number of carbonyl (C=O) groups excluding carboxylic acids is 1. The maximum atomic E-state index is 12.2. The molecule has 1 aromatic heterocycles. The van der Waals surface area contributed by atoms with Gasteiger partial charge in [0.05, 0.1) is 29.2 Å². The molecule has 0 spiro atoms. The Bertz CT molecular complexity index is 1100. The van der Waals surface area contributed by atoms with Crippen LogP contribution in [-0.4, -0.2) is 13.1 Å². The summed E-state index contributed by atoms with van der Waals surface area (Å²) in [6.45, 7) is 2.02. The van der Waals surface area contributed by atoms with Crippen LogP contribution in [0.5, 0.6) is 0 Å². The van der Waals surface area contributed by atoms with Crippen molar-refractivity contribution in [1.82, 2.24) is 0 Å².